The molecular formula is C23H21N3O2. The molecule has 1 heterocycles. The smallest absolute Gasteiger partial charge is 0.205 e. The molecule has 0 fully saturated rings. The molecule has 1 unspecified atom stereocenters. The number of allylic oxidation sites excluding steroid dienone is 3. The molecular weight excluding hydrogens is 350 g/mol. The van der Waals surface area contributed by atoms with E-state index in [1.807, 2.05) is 75.4 Å². The summed E-state index contributed by atoms with van der Waals surface area (Å²) in [7, 11) is 0. The summed E-state index contributed by atoms with van der Waals surface area (Å²) in [6, 6.07) is 21.1. The Morgan fingerprint density at radius 2 is 1.57 bits per heavy atom. The van der Waals surface area contributed by atoms with Crippen LogP contribution in [0.1, 0.15) is 32.3 Å². The van der Waals surface area contributed by atoms with Gasteiger partial charge in [-0.1, -0.05) is 51.1 Å². The fourth-order valence-corrected chi connectivity index (χ4v) is 3.15. The summed E-state index contributed by atoms with van der Waals surface area (Å²) in [5.74, 6) is 1.23. The van der Waals surface area contributed by atoms with Gasteiger partial charge in [-0.05, 0) is 29.8 Å². The highest BCUT2D eigenvalue weighted by atomic mass is 16.5. The zero-order chi connectivity index (χ0) is 20.3. The van der Waals surface area contributed by atoms with Crippen LogP contribution in [0.4, 0.5) is 0 Å². The van der Waals surface area contributed by atoms with E-state index < -0.39 is 11.3 Å². The molecule has 3 rings (SSSR count). The number of benzene rings is 2. The van der Waals surface area contributed by atoms with Gasteiger partial charge in [-0.3, -0.25) is 0 Å². The Labute approximate surface area is 164 Å². The van der Waals surface area contributed by atoms with Crippen LogP contribution in [-0.4, -0.2) is 0 Å². The molecule has 0 saturated carbocycles. The molecule has 2 N–H and O–H groups in total. The third kappa shape index (κ3) is 3.70. The molecule has 5 nitrogen and oxygen atoms in total. The average Bonchev–Trinajstić information content (AvgIpc) is 2.67. The van der Waals surface area contributed by atoms with Crippen molar-refractivity contribution in [3.8, 4) is 23.6 Å². The molecule has 1 aliphatic rings. The van der Waals surface area contributed by atoms with Gasteiger partial charge in [-0.25, -0.2) is 0 Å². The Bertz CT molecular complexity index is 1030. The Kier molecular flexibility index (Phi) is 5.11. The van der Waals surface area contributed by atoms with Gasteiger partial charge in [0.25, 0.3) is 0 Å². The van der Waals surface area contributed by atoms with E-state index in [-0.39, 0.29) is 11.5 Å². The Morgan fingerprint density at radius 1 is 0.929 bits per heavy atom. The van der Waals surface area contributed by atoms with E-state index in [4.69, 9.17) is 15.2 Å². The maximum atomic E-state index is 9.87. The predicted octanol–water partition coefficient (Wildman–Crippen LogP) is 5.11. The minimum atomic E-state index is -0.600. The molecule has 0 aliphatic carbocycles. The molecule has 0 saturated heterocycles. The van der Waals surface area contributed by atoms with Gasteiger partial charge in [0.05, 0.1) is 17.6 Å². The number of hydrogen-bond donors (Lipinski definition) is 1. The average molecular weight is 371 g/mol. The Hall–Kier alpha value is -3.70. The highest BCUT2D eigenvalue weighted by Gasteiger charge is 2.37. The van der Waals surface area contributed by atoms with Crippen LogP contribution in [0.25, 0.3) is 0 Å². The highest BCUT2D eigenvalue weighted by Crippen LogP contribution is 2.44. The van der Waals surface area contributed by atoms with Crippen molar-refractivity contribution in [2.75, 3.05) is 0 Å². The third-order valence-electron chi connectivity index (χ3n) is 4.39. The summed E-state index contributed by atoms with van der Waals surface area (Å²) in [5, 5.41) is 19.5. The number of nitrogens with zero attached hydrogens (tertiary/aromatic N) is 2. The summed E-state index contributed by atoms with van der Waals surface area (Å²) in [6.45, 7) is 5.82. The van der Waals surface area contributed by atoms with Crippen LogP contribution in [0.3, 0.4) is 0 Å². The lowest BCUT2D eigenvalue weighted by atomic mass is 9.79. The van der Waals surface area contributed by atoms with Crippen LogP contribution in [-0.2, 0) is 4.74 Å². The molecule has 0 aromatic heterocycles. The first-order chi connectivity index (χ1) is 13.3. The summed E-state index contributed by atoms with van der Waals surface area (Å²) in [4.78, 5) is 0. The van der Waals surface area contributed by atoms with E-state index in [1.165, 1.54) is 0 Å². The second-order valence-electron chi connectivity index (χ2n) is 7.52. The Morgan fingerprint density at radius 3 is 2.18 bits per heavy atom. The largest absolute Gasteiger partial charge is 0.457 e. The van der Waals surface area contributed by atoms with E-state index in [9.17, 15) is 10.5 Å². The van der Waals surface area contributed by atoms with Crippen molar-refractivity contribution in [3.05, 3.63) is 82.9 Å². The second kappa shape index (κ2) is 7.50. The van der Waals surface area contributed by atoms with Gasteiger partial charge < -0.3 is 15.2 Å². The normalized spacial score (nSPS) is 16.8. The molecule has 140 valence electrons. The van der Waals surface area contributed by atoms with E-state index >= 15 is 0 Å². The molecule has 2 aromatic carbocycles. The van der Waals surface area contributed by atoms with Crippen molar-refractivity contribution in [2.24, 2.45) is 11.1 Å². The van der Waals surface area contributed by atoms with Crippen LogP contribution in [0.15, 0.2) is 77.4 Å². The molecule has 0 amide bonds. The Balaban J connectivity index is 2.10. The lowest BCUT2D eigenvalue weighted by Crippen LogP contribution is -2.26. The van der Waals surface area contributed by atoms with Gasteiger partial charge in [0.15, 0.2) is 0 Å². The summed E-state index contributed by atoms with van der Waals surface area (Å²) in [6.07, 6.45) is 0. The van der Waals surface area contributed by atoms with Gasteiger partial charge in [0, 0.05) is 5.41 Å². The number of para-hydroxylation sites is 1. The van der Waals surface area contributed by atoms with Crippen LogP contribution in [0.5, 0.6) is 11.5 Å². The number of ether oxygens (including phenoxy) is 2. The lowest BCUT2D eigenvalue weighted by Gasteiger charge is -2.32. The van der Waals surface area contributed by atoms with Crippen molar-refractivity contribution < 1.29 is 9.47 Å². The van der Waals surface area contributed by atoms with E-state index in [2.05, 4.69) is 12.1 Å². The number of nitrogens with two attached hydrogens (primary N) is 1. The molecule has 0 spiro atoms. The lowest BCUT2D eigenvalue weighted by molar-refractivity contribution is 0.199. The zero-order valence-electron chi connectivity index (χ0n) is 16.1. The van der Waals surface area contributed by atoms with Crippen LogP contribution >= 0.6 is 0 Å². The minimum Gasteiger partial charge on any atom is -0.457 e. The number of nitriles is 2. The van der Waals surface area contributed by atoms with Crippen molar-refractivity contribution >= 4 is 0 Å². The fraction of sp³-hybridized carbons (Fsp3) is 0.217. The fourth-order valence-electron chi connectivity index (χ4n) is 3.15. The van der Waals surface area contributed by atoms with Gasteiger partial charge in [0.1, 0.15) is 28.9 Å². The van der Waals surface area contributed by atoms with E-state index in [1.54, 1.807) is 0 Å². The molecule has 1 atom stereocenters. The monoisotopic (exact) mass is 371 g/mol. The molecule has 0 bridgehead atoms. The van der Waals surface area contributed by atoms with Crippen molar-refractivity contribution in [1.82, 2.24) is 0 Å². The second-order valence-corrected chi connectivity index (χ2v) is 7.52. The third-order valence-corrected chi connectivity index (χ3v) is 4.39. The summed E-state index contributed by atoms with van der Waals surface area (Å²) < 4.78 is 11.6. The van der Waals surface area contributed by atoms with Gasteiger partial charge in [-0.15, -0.1) is 0 Å². The number of hydrogen-bond acceptors (Lipinski definition) is 5. The van der Waals surface area contributed by atoms with Gasteiger partial charge in [0.2, 0.25) is 5.88 Å². The topological polar surface area (TPSA) is 92.1 Å². The quantitative estimate of drug-likeness (QED) is 0.809. The minimum absolute atomic E-state index is 0.0332. The summed E-state index contributed by atoms with van der Waals surface area (Å²) >= 11 is 0. The van der Waals surface area contributed by atoms with Gasteiger partial charge >= 0.3 is 0 Å². The van der Waals surface area contributed by atoms with E-state index in [0.717, 1.165) is 5.56 Å². The van der Waals surface area contributed by atoms with Crippen LogP contribution in [0, 0.1) is 28.1 Å². The first-order valence-electron chi connectivity index (χ1n) is 8.90. The predicted molar refractivity (Wildman–Crippen MR) is 106 cm³/mol. The maximum absolute atomic E-state index is 9.87. The van der Waals surface area contributed by atoms with Gasteiger partial charge in [-0.2, -0.15) is 10.5 Å². The zero-order valence-corrected chi connectivity index (χ0v) is 16.1. The first-order valence-corrected chi connectivity index (χ1v) is 8.90. The molecule has 2 aromatic rings. The highest BCUT2D eigenvalue weighted by molar-refractivity contribution is 5.55. The van der Waals surface area contributed by atoms with Crippen LogP contribution in [0.2, 0.25) is 0 Å². The van der Waals surface area contributed by atoms with Crippen molar-refractivity contribution in [3.63, 3.8) is 0 Å². The number of rotatable bonds is 3. The van der Waals surface area contributed by atoms with E-state index in [0.29, 0.717) is 22.8 Å². The molecule has 1 aliphatic heterocycles. The maximum Gasteiger partial charge on any atom is 0.205 e. The first kappa shape index (κ1) is 19.1. The SMILES string of the molecule is CC(C)(C)C1=C(C#N)C(c2cccc(Oc3ccccc3)c2)C(C#N)=C(N)O1. The standard InChI is InChI=1S/C23H21N3O2/c1-23(2,3)21-18(13-24)20(19(14-25)22(26)28-21)15-8-7-11-17(12-15)27-16-9-5-4-6-10-16/h4-12,20H,26H2,1-3H3. The van der Waals surface area contributed by atoms with Crippen molar-refractivity contribution in [1.29, 1.82) is 10.5 Å². The van der Waals surface area contributed by atoms with Crippen molar-refractivity contribution in [2.45, 2.75) is 26.7 Å². The molecule has 28 heavy (non-hydrogen) atoms. The molecule has 5 heteroatoms. The summed E-state index contributed by atoms with van der Waals surface area (Å²) in [5.41, 5.74) is 6.96. The van der Waals surface area contributed by atoms with Crippen LogP contribution < -0.4 is 10.5 Å². The molecule has 0 radical (unpaired) electrons.